The van der Waals surface area contributed by atoms with Crippen molar-refractivity contribution in [1.29, 1.82) is 0 Å². The molecule has 4 nitrogen and oxygen atoms in total. The summed E-state index contributed by atoms with van der Waals surface area (Å²) in [6, 6.07) is 0. The van der Waals surface area contributed by atoms with E-state index in [0.717, 1.165) is 25.9 Å². The molecule has 0 spiro atoms. The molecule has 0 aliphatic carbocycles. The van der Waals surface area contributed by atoms with Gasteiger partial charge in [-0.25, -0.2) is 4.79 Å². The van der Waals surface area contributed by atoms with Gasteiger partial charge >= 0.3 is 5.97 Å². The van der Waals surface area contributed by atoms with Gasteiger partial charge in [0.2, 0.25) is 0 Å². The van der Waals surface area contributed by atoms with E-state index in [2.05, 4.69) is 31.0 Å². The Balaban J connectivity index is 0. The molecular weight excluding hydrogens is 230 g/mol. The topological polar surface area (TPSA) is 58.6 Å². The molecule has 0 bridgehead atoms. The fraction of sp³-hybridized carbons (Fsp3) is 0.929. The Bertz CT molecular complexity index is 193. The van der Waals surface area contributed by atoms with E-state index in [0.29, 0.717) is 0 Å². The molecule has 18 heavy (non-hydrogen) atoms. The summed E-state index contributed by atoms with van der Waals surface area (Å²) in [6.07, 6.45) is 4.45. The zero-order valence-corrected chi connectivity index (χ0v) is 12.7. The lowest BCUT2D eigenvalue weighted by Gasteiger charge is -2.23. The van der Waals surface area contributed by atoms with Gasteiger partial charge in [-0.15, -0.1) is 0 Å². The van der Waals surface area contributed by atoms with Crippen molar-refractivity contribution in [3.63, 3.8) is 0 Å². The van der Waals surface area contributed by atoms with Crippen LogP contribution in [0.4, 0.5) is 0 Å². The molecular formula is C14H31NO3. The molecule has 0 rings (SSSR count). The average Bonchev–Trinajstić information content (AvgIpc) is 2.38. The number of hydrogen-bond acceptors (Lipinski definition) is 4. The molecule has 0 aromatic rings. The van der Waals surface area contributed by atoms with Crippen molar-refractivity contribution in [3.8, 4) is 0 Å². The van der Waals surface area contributed by atoms with E-state index in [-0.39, 0.29) is 11.8 Å². The lowest BCUT2D eigenvalue weighted by molar-refractivity contribution is -0.234. The van der Waals surface area contributed by atoms with Gasteiger partial charge in [-0.3, -0.25) is 0 Å². The molecule has 0 aliphatic heterocycles. The Hall–Kier alpha value is -0.610. The van der Waals surface area contributed by atoms with Crippen LogP contribution < -0.4 is 5.32 Å². The zero-order chi connectivity index (χ0) is 14.4. The molecule has 0 radical (unpaired) electrons. The van der Waals surface area contributed by atoms with Gasteiger partial charge in [0.25, 0.3) is 0 Å². The molecule has 0 saturated heterocycles. The van der Waals surface area contributed by atoms with Crippen molar-refractivity contribution in [2.45, 2.75) is 66.7 Å². The number of carbonyl (C=O) groups is 1. The lowest BCUT2D eigenvalue weighted by atomic mass is 9.84. The molecule has 0 amide bonds. The second-order valence-electron chi connectivity index (χ2n) is 4.98. The van der Waals surface area contributed by atoms with Crippen molar-refractivity contribution in [3.05, 3.63) is 0 Å². The number of hydrogen-bond donors (Lipinski definition) is 2. The first-order valence-electron chi connectivity index (χ1n) is 7.07. The molecule has 0 aromatic carbocycles. The Kier molecular flexibility index (Phi) is 14.1. The molecule has 110 valence electrons. The van der Waals surface area contributed by atoms with Crippen molar-refractivity contribution in [1.82, 2.24) is 5.32 Å². The summed E-state index contributed by atoms with van der Waals surface area (Å²) >= 11 is 0. The second kappa shape index (κ2) is 12.8. The van der Waals surface area contributed by atoms with Crippen molar-refractivity contribution >= 4 is 5.97 Å². The summed E-state index contributed by atoms with van der Waals surface area (Å²) in [6.45, 7) is 12.5. The number of unbranched alkanes of at least 4 members (excludes halogenated alkanes) is 1. The molecule has 0 fully saturated rings. The Morgan fingerprint density at radius 2 is 1.83 bits per heavy atom. The highest BCUT2D eigenvalue weighted by molar-refractivity contribution is 5.68. The van der Waals surface area contributed by atoms with Gasteiger partial charge in [-0.05, 0) is 37.8 Å². The predicted molar refractivity (Wildman–Crippen MR) is 75.5 cm³/mol. The van der Waals surface area contributed by atoms with E-state index >= 15 is 0 Å². The standard InChI is InChI=1S/C12H25NO3.C2H6/c1-4-5-9-13-10-8-12(2,3)7-6-11(14)16-15;1-2/h13,15H,4-10H2,1-3H3;1-2H3. The minimum Gasteiger partial charge on any atom is -0.317 e. The monoisotopic (exact) mass is 261 g/mol. The van der Waals surface area contributed by atoms with Gasteiger partial charge < -0.3 is 10.2 Å². The van der Waals surface area contributed by atoms with Gasteiger partial charge in [0, 0.05) is 6.42 Å². The van der Waals surface area contributed by atoms with E-state index in [1.165, 1.54) is 12.8 Å². The summed E-state index contributed by atoms with van der Waals surface area (Å²) in [7, 11) is 0. The molecule has 0 saturated carbocycles. The van der Waals surface area contributed by atoms with Gasteiger partial charge in [-0.2, -0.15) is 5.26 Å². The number of nitrogens with one attached hydrogen (secondary N) is 1. The summed E-state index contributed by atoms with van der Waals surface area (Å²) in [5, 5.41) is 11.5. The molecule has 0 unspecified atom stereocenters. The first-order chi connectivity index (χ1) is 8.52. The van der Waals surface area contributed by atoms with E-state index in [9.17, 15) is 4.79 Å². The van der Waals surface area contributed by atoms with Crippen LogP contribution in [0.3, 0.4) is 0 Å². The van der Waals surface area contributed by atoms with Crippen LogP contribution in [0, 0.1) is 5.41 Å². The third-order valence-electron chi connectivity index (χ3n) is 2.79. The first kappa shape index (κ1) is 19.7. The highest BCUT2D eigenvalue weighted by Crippen LogP contribution is 2.26. The quantitative estimate of drug-likeness (QED) is 0.378. The SMILES string of the molecule is CC.CCCCNCCC(C)(C)CCC(=O)OO. The van der Waals surface area contributed by atoms with Crippen LogP contribution in [0.2, 0.25) is 0 Å². The highest BCUT2D eigenvalue weighted by atomic mass is 17.1. The third-order valence-corrected chi connectivity index (χ3v) is 2.79. The van der Waals surface area contributed by atoms with Crippen LogP contribution in [-0.2, 0) is 9.68 Å². The van der Waals surface area contributed by atoms with Crippen molar-refractivity contribution in [2.75, 3.05) is 13.1 Å². The van der Waals surface area contributed by atoms with E-state index in [4.69, 9.17) is 5.26 Å². The fourth-order valence-electron chi connectivity index (χ4n) is 1.46. The van der Waals surface area contributed by atoms with Crippen molar-refractivity contribution in [2.24, 2.45) is 5.41 Å². The molecule has 0 aromatic heterocycles. The zero-order valence-electron chi connectivity index (χ0n) is 12.7. The Morgan fingerprint density at radius 3 is 2.33 bits per heavy atom. The highest BCUT2D eigenvalue weighted by Gasteiger charge is 2.19. The van der Waals surface area contributed by atoms with Crippen LogP contribution in [0.25, 0.3) is 0 Å². The summed E-state index contributed by atoms with van der Waals surface area (Å²) in [4.78, 5) is 14.4. The molecule has 4 heteroatoms. The summed E-state index contributed by atoms with van der Waals surface area (Å²) < 4.78 is 0. The van der Waals surface area contributed by atoms with Gasteiger partial charge in [-0.1, -0.05) is 41.0 Å². The second-order valence-corrected chi connectivity index (χ2v) is 4.98. The third kappa shape index (κ3) is 13.5. The normalized spacial score (nSPS) is 10.6. The summed E-state index contributed by atoms with van der Waals surface area (Å²) in [5.74, 6) is -0.549. The van der Waals surface area contributed by atoms with Crippen LogP contribution in [0.15, 0.2) is 0 Å². The Morgan fingerprint density at radius 1 is 1.22 bits per heavy atom. The maximum absolute atomic E-state index is 10.8. The first-order valence-corrected chi connectivity index (χ1v) is 7.07. The van der Waals surface area contributed by atoms with E-state index in [1.54, 1.807) is 0 Å². The number of carbonyl (C=O) groups excluding carboxylic acids is 1. The van der Waals surface area contributed by atoms with E-state index < -0.39 is 5.97 Å². The lowest BCUT2D eigenvalue weighted by Crippen LogP contribution is -2.24. The van der Waals surface area contributed by atoms with Crippen LogP contribution in [0.5, 0.6) is 0 Å². The molecule has 0 heterocycles. The maximum atomic E-state index is 10.8. The summed E-state index contributed by atoms with van der Waals surface area (Å²) in [5.41, 5.74) is 0.105. The molecule has 0 aliphatic rings. The minimum atomic E-state index is -0.549. The predicted octanol–water partition coefficient (Wildman–Crippen LogP) is 3.62. The molecule has 0 atom stereocenters. The van der Waals surface area contributed by atoms with Crippen molar-refractivity contribution < 1.29 is 14.9 Å². The van der Waals surface area contributed by atoms with Crippen LogP contribution in [0.1, 0.15) is 66.7 Å². The van der Waals surface area contributed by atoms with Gasteiger partial charge in [0.05, 0.1) is 0 Å². The van der Waals surface area contributed by atoms with Gasteiger partial charge in [0.15, 0.2) is 0 Å². The van der Waals surface area contributed by atoms with Crippen LogP contribution >= 0.6 is 0 Å². The largest absolute Gasteiger partial charge is 0.342 e. The number of rotatable bonds is 9. The fourth-order valence-corrected chi connectivity index (χ4v) is 1.46. The smallest absolute Gasteiger partial charge is 0.317 e. The Labute approximate surface area is 112 Å². The van der Waals surface area contributed by atoms with E-state index in [1.807, 2.05) is 13.8 Å². The van der Waals surface area contributed by atoms with Crippen LogP contribution in [-0.4, -0.2) is 24.3 Å². The minimum absolute atomic E-state index is 0.105. The maximum Gasteiger partial charge on any atom is 0.342 e. The average molecular weight is 261 g/mol. The van der Waals surface area contributed by atoms with Gasteiger partial charge in [0.1, 0.15) is 0 Å². The molecule has 2 N–H and O–H groups in total.